The van der Waals surface area contributed by atoms with Gasteiger partial charge in [-0.3, -0.25) is 4.79 Å². The molecule has 0 heterocycles. The Balaban J connectivity index is 1.82. The molecular formula is C36H47ClFNO5. The van der Waals surface area contributed by atoms with Crippen molar-refractivity contribution >= 4 is 23.5 Å². The number of Topliss-reactive ketones (excluding diaryl/α,β-unsaturated/α-hetero) is 1. The molecule has 2 N–H and O–H groups in total. The third kappa shape index (κ3) is 7.38. The second-order valence-electron chi connectivity index (χ2n) is 12.9. The lowest BCUT2D eigenvalue weighted by atomic mass is 9.64. The molecule has 6 nitrogen and oxygen atoms in total. The van der Waals surface area contributed by atoms with Gasteiger partial charge < -0.3 is 19.8 Å². The summed E-state index contributed by atoms with van der Waals surface area (Å²) in [6, 6.07) is 10.1. The number of aliphatic hydroxyl groups is 2. The van der Waals surface area contributed by atoms with Gasteiger partial charge in [-0.1, -0.05) is 55.3 Å². The molecule has 0 aliphatic heterocycles. The SMILES string of the molecule is CCCN(CC1(O)CCC2c3ccc(cc3C(=O)Cc3c(F)cccc3Cl)CC(O)CCC(C)=CCCC21C)C(=O)OCC. The summed E-state index contributed by atoms with van der Waals surface area (Å²) in [5.74, 6) is -0.995. The first-order valence-corrected chi connectivity index (χ1v) is 16.4. The quantitative estimate of drug-likeness (QED) is 0.230. The number of hydrogen-bond donors (Lipinski definition) is 2. The van der Waals surface area contributed by atoms with Crippen LogP contribution >= 0.6 is 11.6 Å². The Labute approximate surface area is 266 Å². The number of carbonyl (C=O) groups excluding carboxylic acids is 2. The van der Waals surface area contributed by atoms with E-state index in [9.17, 15) is 24.2 Å². The van der Waals surface area contributed by atoms with Crippen LogP contribution in [0.4, 0.5) is 9.18 Å². The number of ether oxygens (including phenoxy) is 1. The highest BCUT2D eigenvalue weighted by molar-refractivity contribution is 6.31. The number of rotatable bonds is 8. The number of fused-ring (bicyclic) bond motifs is 8. The average molecular weight is 628 g/mol. The Morgan fingerprint density at radius 2 is 1.93 bits per heavy atom. The van der Waals surface area contributed by atoms with E-state index in [4.69, 9.17) is 16.3 Å². The number of halogens is 2. The van der Waals surface area contributed by atoms with Crippen LogP contribution in [-0.2, 0) is 17.6 Å². The van der Waals surface area contributed by atoms with Gasteiger partial charge in [0.2, 0.25) is 0 Å². The van der Waals surface area contributed by atoms with Crippen LogP contribution in [0.25, 0.3) is 0 Å². The van der Waals surface area contributed by atoms with Crippen LogP contribution in [0, 0.1) is 11.2 Å². The molecule has 4 atom stereocenters. The van der Waals surface area contributed by atoms with Crippen LogP contribution in [0.2, 0.25) is 5.02 Å². The van der Waals surface area contributed by atoms with Crippen molar-refractivity contribution in [2.24, 2.45) is 5.41 Å². The fourth-order valence-electron chi connectivity index (χ4n) is 7.23. The predicted molar refractivity (Wildman–Crippen MR) is 172 cm³/mol. The van der Waals surface area contributed by atoms with Crippen LogP contribution in [0.3, 0.4) is 0 Å². The largest absolute Gasteiger partial charge is 0.450 e. The Bertz CT molecular complexity index is 1360. The lowest BCUT2D eigenvalue weighted by molar-refractivity contribution is -0.0809. The first-order valence-electron chi connectivity index (χ1n) is 16.0. The minimum Gasteiger partial charge on any atom is -0.450 e. The summed E-state index contributed by atoms with van der Waals surface area (Å²) < 4.78 is 20.1. The molecule has 0 spiro atoms. The Morgan fingerprint density at radius 1 is 1.16 bits per heavy atom. The molecular weight excluding hydrogens is 581 g/mol. The average Bonchev–Trinajstić information content (AvgIpc) is 3.23. The Morgan fingerprint density at radius 3 is 2.64 bits per heavy atom. The maximum atomic E-state index is 14.8. The van der Waals surface area contributed by atoms with Gasteiger partial charge in [0.25, 0.3) is 0 Å². The zero-order valence-electron chi connectivity index (χ0n) is 26.5. The third-order valence-corrected chi connectivity index (χ3v) is 10.2. The number of nitrogens with zero attached hydrogens (tertiary/aromatic N) is 1. The highest BCUT2D eigenvalue weighted by Gasteiger charge is 2.57. The molecule has 0 radical (unpaired) electrons. The van der Waals surface area contributed by atoms with Crippen molar-refractivity contribution in [1.29, 1.82) is 0 Å². The van der Waals surface area contributed by atoms with Gasteiger partial charge in [0.1, 0.15) is 5.82 Å². The van der Waals surface area contributed by atoms with E-state index in [1.54, 1.807) is 17.9 Å². The van der Waals surface area contributed by atoms with E-state index in [1.165, 1.54) is 17.7 Å². The lowest BCUT2D eigenvalue weighted by Crippen LogP contribution is -2.54. The number of hydrogen-bond acceptors (Lipinski definition) is 5. The molecule has 8 heteroatoms. The number of benzene rings is 2. The minimum atomic E-state index is -1.23. The molecule has 1 fully saturated rings. The van der Waals surface area contributed by atoms with Crippen molar-refractivity contribution in [3.63, 3.8) is 0 Å². The summed E-state index contributed by atoms with van der Waals surface area (Å²) in [4.78, 5) is 28.6. The van der Waals surface area contributed by atoms with E-state index in [0.717, 1.165) is 24.0 Å². The smallest absolute Gasteiger partial charge is 0.409 e. The molecule has 2 aromatic carbocycles. The van der Waals surface area contributed by atoms with Gasteiger partial charge in [-0.15, -0.1) is 0 Å². The molecule has 5 rings (SSSR count). The Hall–Kier alpha value is -2.74. The van der Waals surface area contributed by atoms with Crippen molar-refractivity contribution in [2.45, 2.75) is 103 Å². The van der Waals surface area contributed by atoms with Crippen molar-refractivity contribution in [3.05, 3.63) is 81.1 Å². The third-order valence-electron chi connectivity index (χ3n) is 9.84. The summed E-state index contributed by atoms with van der Waals surface area (Å²) in [5, 5.41) is 23.5. The van der Waals surface area contributed by atoms with E-state index >= 15 is 0 Å². The van der Waals surface area contributed by atoms with Gasteiger partial charge in [-0.25, -0.2) is 9.18 Å². The number of amides is 1. The molecule has 240 valence electrons. The van der Waals surface area contributed by atoms with E-state index in [1.807, 2.05) is 25.1 Å². The van der Waals surface area contributed by atoms with Crippen molar-refractivity contribution < 1.29 is 28.9 Å². The number of aliphatic hydroxyl groups excluding tert-OH is 1. The van der Waals surface area contributed by atoms with Crippen molar-refractivity contribution in [1.82, 2.24) is 4.90 Å². The molecule has 44 heavy (non-hydrogen) atoms. The van der Waals surface area contributed by atoms with Crippen molar-refractivity contribution in [2.75, 3.05) is 19.7 Å². The summed E-state index contributed by atoms with van der Waals surface area (Å²) in [7, 11) is 0. The normalized spacial score (nSPS) is 25.6. The van der Waals surface area contributed by atoms with E-state index in [0.29, 0.717) is 50.6 Å². The highest BCUT2D eigenvalue weighted by atomic mass is 35.5. The van der Waals surface area contributed by atoms with Crippen LogP contribution in [0.5, 0.6) is 0 Å². The summed E-state index contributed by atoms with van der Waals surface area (Å²) in [6.45, 7) is 8.75. The van der Waals surface area contributed by atoms with Crippen LogP contribution in [-0.4, -0.2) is 58.4 Å². The van der Waals surface area contributed by atoms with Gasteiger partial charge in [0.15, 0.2) is 5.78 Å². The molecule has 3 aliphatic carbocycles. The van der Waals surface area contributed by atoms with Gasteiger partial charge in [-0.2, -0.15) is 0 Å². The fraction of sp³-hybridized carbons (Fsp3) is 0.556. The maximum Gasteiger partial charge on any atom is 0.409 e. The van der Waals surface area contributed by atoms with Crippen LogP contribution < -0.4 is 0 Å². The number of ketones is 1. The van der Waals surface area contributed by atoms with Gasteiger partial charge in [0, 0.05) is 34.5 Å². The molecule has 0 aromatic heterocycles. The van der Waals surface area contributed by atoms with E-state index in [2.05, 4.69) is 19.9 Å². The highest BCUT2D eigenvalue weighted by Crippen LogP contribution is 2.58. The number of carbonyl (C=O) groups is 2. The summed E-state index contributed by atoms with van der Waals surface area (Å²) in [5.41, 5.74) is 1.51. The molecule has 0 saturated heterocycles. The second-order valence-corrected chi connectivity index (χ2v) is 13.3. The lowest BCUT2D eigenvalue weighted by Gasteiger charge is -2.46. The fourth-order valence-corrected chi connectivity index (χ4v) is 7.46. The topological polar surface area (TPSA) is 87.1 Å². The summed E-state index contributed by atoms with van der Waals surface area (Å²) >= 11 is 6.32. The Kier molecular flexibility index (Phi) is 11.3. The van der Waals surface area contributed by atoms with E-state index in [-0.39, 0.29) is 41.9 Å². The summed E-state index contributed by atoms with van der Waals surface area (Å²) in [6.07, 6.45) is 5.83. The molecule has 2 aromatic rings. The zero-order chi connectivity index (χ0) is 32.1. The molecule has 1 amide bonds. The van der Waals surface area contributed by atoms with Gasteiger partial charge >= 0.3 is 6.09 Å². The first kappa shape index (κ1) is 34.1. The molecule has 3 aliphatic rings. The molecule has 1 saturated carbocycles. The number of allylic oxidation sites excluding steroid dienone is 2. The minimum absolute atomic E-state index is 0.133. The monoisotopic (exact) mass is 627 g/mol. The van der Waals surface area contributed by atoms with Crippen LogP contribution in [0.1, 0.15) is 106 Å². The van der Waals surface area contributed by atoms with E-state index < -0.39 is 29.0 Å². The standard InChI is InChI=1S/C36H47ClFNO5/c1-5-19-39(34(42)44-6-2)23-36(43)18-16-30-27-15-13-25(20-26(40)14-12-24(3)9-8-17-35(30,36)4)21-28(27)33(41)22-29-31(37)10-7-11-32(29)38/h7,9-11,13,15,21,26,30,40,43H,5-6,8,12,14,16-20,22-23H2,1-4H3. The van der Waals surface area contributed by atoms with Gasteiger partial charge in [-0.05, 0) is 100 Å². The predicted octanol–water partition coefficient (Wildman–Crippen LogP) is 7.81. The molecule has 2 bridgehead atoms. The molecule has 4 unspecified atom stereocenters. The van der Waals surface area contributed by atoms with Crippen LogP contribution in [0.15, 0.2) is 48.0 Å². The first-order chi connectivity index (χ1) is 20.9. The zero-order valence-corrected chi connectivity index (χ0v) is 27.3. The van der Waals surface area contributed by atoms with Gasteiger partial charge in [0.05, 0.1) is 24.9 Å². The maximum absolute atomic E-state index is 14.8. The van der Waals surface area contributed by atoms with Crippen molar-refractivity contribution in [3.8, 4) is 0 Å². The second kappa shape index (κ2) is 14.6.